The molecule has 1 aromatic carbocycles. The van der Waals surface area contributed by atoms with Gasteiger partial charge in [-0.3, -0.25) is 10.1 Å². The first kappa shape index (κ1) is 24.5. The van der Waals surface area contributed by atoms with Crippen LogP contribution in [-0.2, 0) is 19.6 Å². The van der Waals surface area contributed by atoms with Crippen molar-refractivity contribution < 1.29 is 27.5 Å². The number of rotatable bonds is 7. The van der Waals surface area contributed by atoms with Gasteiger partial charge in [0.2, 0.25) is 10.0 Å². The summed E-state index contributed by atoms with van der Waals surface area (Å²) in [6.07, 6.45) is 3.02. The smallest absolute Gasteiger partial charge is 0.338 e. The highest BCUT2D eigenvalue weighted by molar-refractivity contribution is 7.89. The third-order valence-corrected chi connectivity index (χ3v) is 7.23. The normalized spacial score (nSPS) is 15.2. The Labute approximate surface area is 182 Å². The number of imide groups is 1. The number of aryl methyl sites for hydroxylation is 1. The lowest BCUT2D eigenvalue weighted by molar-refractivity contribution is -0.123. The number of piperidine rings is 1. The lowest BCUT2D eigenvalue weighted by Gasteiger charge is -2.30. The fourth-order valence-corrected chi connectivity index (χ4v) is 4.96. The zero-order chi connectivity index (χ0) is 23.2. The molecule has 31 heavy (non-hydrogen) atoms. The van der Waals surface area contributed by atoms with Crippen LogP contribution >= 0.6 is 0 Å². The monoisotopic (exact) mass is 451 g/mol. The van der Waals surface area contributed by atoms with Crippen molar-refractivity contribution in [3.8, 4) is 0 Å². The molecule has 1 aliphatic heterocycles. The third kappa shape index (κ3) is 6.38. The Morgan fingerprint density at radius 3 is 2.48 bits per heavy atom. The van der Waals surface area contributed by atoms with Gasteiger partial charge in [0.1, 0.15) is 0 Å². The SMILES string of the molecule is C=CCNC(=O)NC(=O)COC(=O)c1cc(C)c(C)c(S(=O)(=O)N2CCC(C)CC2)c1. The number of hydrogen-bond donors (Lipinski definition) is 2. The van der Waals surface area contributed by atoms with E-state index in [1.54, 1.807) is 13.8 Å². The number of ether oxygens (including phenoxy) is 1. The second kappa shape index (κ2) is 10.5. The highest BCUT2D eigenvalue weighted by Crippen LogP contribution is 2.28. The number of urea groups is 1. The fraction of sp³-hybridized carbons (Fsp3) is 0.476. The maximum absolute atomic E-state index is 13.2. The molecule has 2 rings (SSSR count). The van der Waals surface area contributed by atoms with Crippen molar-refractivity contribution in [2.75, 3.05) is 26.2 Å². The van der Waals surface area contributed by atoms with Gasteiger partial charge >= 0.3 is 12.0 Å². The third-order valence-electron chi connectivity index (χ3n) is 5.21. The Kier molecular flexibility index (Phi) is 8.35. The Bertz CT molecular complexity index is 966. The van der Waals surface area contributed by atoms with Gasteiger partial charge in [-0.05, 0) is 55.9 Å². The predicted octanol–water partition coefficient (Wildman–Crippen LogP) is 1.89. The van der Waals surface area contributed by atoms with Gasteiger partial charge in [-0.1, -0.05) is 13.0 Å². The molecule has 0 saturated carbocycles. The van der Waals surface area contributed by atoms with E-state index in [1.807, 2.05) is 5.32 Å². The first-order chi connectivity index (χ1) is 14.6. The van der Waals surface area contributed by atoms with E-state index in [0.29, 0.717) is 30.1 Å². The first-order valence-corrected chi connectivity index (χ1v) is 11.5. The Morgan fingerprint density at radius 2 is 1.87 bits per heavy atom. The molecule has 0 bridgehead atoms. The molecule has 0 unspecified atom stereocenters. The number of esters is 1. The van der Waals surface area contributed by atoms with Gasteiger partial charge in [-0.15, -0.1) is 6.58 Å². The standard InChI is InChI=1S/C21H29N3O6S/c1-5-8-22-21(27)23-19(25)13-30-20(26)17-11-15(3)16(4)18(12-17)31(28,29)24-9-6-14(2)7-10-24/h5,11-12,14H,1,6-10,13H2,2-4H3,(H2,22,23,25,27). The number of carbonyl (C=O) groups excluding carboxylic acids is 3. The number of sulfonamides is 1. The molecule has 0 radical (unpaired) electrons. The molecule has 0 aliphatic carbocycles. The van der Waals surface area contributed by atoms with Crippen LogP contribution in [0.3, 0.4) is 0 Å². The molecule has 1 fully saturated rings. The molecule has 1 heterocycles. The van der Waals surface area contributed by atoms with E-state index in [9.17, 15) is 22.8 Å². The molecule has 1 aromatic rings. The maximum Gasteiger partial charge on any atom is 0.338 e. The van der Waals surface area contributed by atoms with Crippen molar-refractivity contribution >= 4 is 27.9 Å². The number of benzene rings is 1. The van der Waals surface area contributed by atoms with Crippen LogP contribution in [0.1, 0.15) is 41.3 Å². The van der Waals surface area contributed by atoms with Crippen LogP contribution in [0, 0.1) is 19.8 Å². The zero-order valence-electron chi connectivity index (χ0n) is 18.1. The van der Waals surface area contributed by atoms with Gasteiger partial charge in [-0.25, -0.2) is 18.0 Å². The average Bonchev–Trinajstić information content (AvgIpc) is 2.72. The van der Waals surface area contributed by atoms with Crippen LogP contribution in [0.15, 0.2) is 29.7 Å². The minimum atomic E-state index is -3.77. The molecular weight excluding hydrogens is 422 g/mol. The highest BCUT2D eigenvalue weighted by atomic mass is 32.2. The number of nitrogens with zero attached hydrogens (tertiary/aromatic N) is 1. The number of carbonyl (C=O) groups is 3. The second-order valence-corrected chi connectivity index (χ2v) is 9.53. The number of hydrogen-bond acceptors (Lipinski definition) is 6. The van der Waals surface area contributed by atoms with Crippen molar-refractivity contribution in [2.24, 2.45) is 5.92 Å². The Hall–Kier alpha value is -2.72. The molecule has 0 aromatic heterocycles. The Morgan fingerprint density at radius 1 is 1.23 bits per heavy atom. The number of amides is 3. The molecule has 170 valence electrons. The predicted molar refractivity (Wildman–Crippen MR) is 115 cm³/mol. The van der Waals surface area contributed by atoms with E-state index >= 15 is 0 Å². The molecule has 10 heteroatoms. The molecule has 0 spiro atoms. The summed E-state index contributed by atoms with van der Waals surface area (Å²) in [5, 5.41) is 4.36. The molecule has 1 saturated heterocycles. The lowest BCUT2D eigenvalue weighted by atomic mass is 10.0. The molecule has 9 nitrogen and oxygen atoms in total. The van der Waals surface area contributed by atoms with E-state index < -0.39 is 34.5 Å². The van der Waals surface area contributed by atoms with E-state index in [4.69, 9.17) is 4.74 Å². The summed E-state index contributed by atoms with van der Waals surface area (Å²) < 4.78 is 32.7. The van der Waals surface area contributed by atoms with Gasteiger partial charge in [-0.2, -0.15) is 4.31 Å². The van der Waals surface area contributed by atoms with Gasteiger partial charge < -0.3 is 10.1 Å². The summed E-state index contributed by atoms with van der Waals surface area (Å²) in [7, 11) is -3.77. The molecule has 2 N–H and O–H groups in total. The van der Waals surface area contributed by atoms with Crippen molar-refractivity contribution in [3.63, 3.8) is 0 Å². The van der Waals surface area contributed by atoms with Crippen LogP contribution in [0.4, 0.5) is 4.79 Å². The average molecular weight is 452 g/mol. The van der Waals surface area contributed by atoms with E-state index in [0.717, 1.165) is 12.8 Å². The van der Waals surface area contributed by atoms with Crippen molar-refractivity contribution in [3.05, 3.63) is 41.5 Å². The van der Waals surface area contributed by atoms with Gasteiger partial charge in [0.25, 0.3) is 5.91 Å². The van der Waals surface area contributed by atoms with Crippen LogP contribution in [-0.4, -0.2) is 56.9 Å². The minimum absolute atomic E-state index is 0.0240. The van der Waals surface area contributed by atoms with Crippen LogP contribution in [0.25, 0.3) is 0 Å². The van der Waals surface area contributed by atoms with Crippen molar-refractivity contribution in [1.82, 2.24) is 14.9 Å². The highest BCUT2D eigenvalue weighted by Gasteiger charge is 2.30. The second-order valence-electron chi connectivity index (χ2n) is 7.63. The largest absolute Gasteiger partial charge is 0.452 e. The summed E-state index contributed by atoms with van der Waals surface area (Å²) in [5.41, 5.74) is 1.20. The van der Waals surface area contributed by atoms with Crippen molar-refractivity contribution in [1.29, 1.82) is 0 Å². The zero-order valence-corrected chi connectivity index (χ0v) is 18.9. The summed E-state index contributed by atoms with van der Waals surface area (Å²) in [6.45, 7) is 9.29. The lowest BCUT2D eigenvalue weighted by Crippen LogP contribution is -2.41. The minimum Gasteiger partial charge on any atom is -0.452 e. The van der Waals surface area contributed by atoms with E-state index in [2.05, 4.69) is 18.8 Å². The quantitative estimate of drug-likeness (QED) is 0.482. The summed E-state index contributed by atoms with van der Waals surface area (Å²) in [6, 6.07) is 2.06. The van der Waals surface area contributed by atoms with Crippen molar-refractivity contribution in [2.45, 2.75) is 38.5 Å². The fourth-order valence-electron chi connectivity index (χ4n) is 3.16. The van der Waals surface area contributed by atoms with E-state index in [1.165, 1.54) is 22.5 Å². The summed E-state index contributed by atoms with van der Waals surface area (Å²) >= 11 is 0. The van der Waals surface area contributed by atoms with Crippen LogP contribution in [0.5, 0.6) is 0 Å². The molecule has 3 amide bonds. The molecule has 0 atom stereocenters. The molecular formula is C21H29N3O6S. The van der Waals surface area contributed by atoms with Gasteiger partial charge in [0, 0.05) is 19.6 Å². The first-order valence-electron chi connectivity index (χ1n) is 10.0. The van der Waals surface area contributed by atoms with Gasteiger partial charge in [0.05, 0.1) is 10.5 Å². The topological polar surface area (TPSA) is 122 Å². The molecule has 1 aliphatic rings. The maximum atomic E-state index is 13.2. The van der Waals surface area contributed by atoms with Crippen LogP contribution < -0.4 is 10.6 Å². The summed E-state index contributed by atoms with van der Waals surface area (Å²) in [5.74, 6) is -1.19. The Balaban J connectivity index is 2.13. The van der Waals surface area contributed by atoms with Crippen LogP contribution in [0.2, 0.25) is 0 Å². The number of nitrogens with one attached hydrogen (secondary N) is 2. The van der Waals surface area contributed by atoms with Gasteiger partial charge in [0.15, 0.2) is 6.61 Å². The van der Waals surface area contributed by atoms with E-state index in [-0.39, 0.29) is 17.0 Å². The summed E-state index contributed by atoms with van der Waals surface area (Å²) in [4.78, 5) is 35.7.